The Morgan fingerprint density at radius 1 is 1.03 bits per heavy atom. The van der Waals surface area contributed by atoms with Gasteiger partial charge in [-0.05, 0) is 13.0 Å². The quantitative estimate of drug-likeness (QED) is 0.684. The molecule has 0 saturated carbocycles. The second kappa shape index (κ2) is 7.66. The minimum Gasteiger partial charge on any atom is -0.339 e. The molecule has 7 nitrogen and oxygen atoms in total. The van der Waals surface area contributed by atoms with Gasteiger partial charge in [0.15, 0.2) is 0 Å². The molecule has 2 aromatic heterocycles. The Balaban J connectivity index is 1.66. The minimum atomic E-state index is -0.0856. The van der Waals surface area contributed by atoms with Crippen molar-refractivity contribution < 1.29 is 14.1 Å². The minimum absolute atomic E-state index is 0.0369. The van der Waals surface area contributed by atoms with Gasteiger partial charge in [0.25, 0.3) is 11.6 Å². The molecule has 0 atom stereocenters. The zero-order valence-corrected chi connectivity index (χ0v) is 16.9. The molecule has 0 radical (unpaired) electrons. The van der Waals surface area contributed by atoms with Crippen molar-refractivity contribution >= 4 is 22.9 Å². The zero-order chi connectivity index (χ0) is 20.5. The van der Waals surface area contributed by atoms with Gasteiger partial charge in [-0.3, -0.25) is 9.59 Å². The number of hydrogen-bond acceptors (Lipinski definition) is 5. The maximum Gasteiger partial charge on any atom is 0.259 e. The third kappa shape index (κ3) is 3.60. The average Bonchev–Trinajstić information content (AvgIpc) is 3.13. The third-order valence-electron chi connectivity index (χ3n) is 5.29. The zero-order valence-electron chi connectivity index (χ0n) is 16.9. The Bertz CT molecular complexity index is 1050. The Hall–Kier alpha value is -3.22. The van der Waals surface area contributed by atoms with Crippen molar-refractivity contribution in [3.05, 3.63) is 47.7 Å². The van der Waals surface area contributed by atoms with Crippen molar-refractivity contribution in [2.24, 2.45) is 5.92 Å². The summed E-state index contributed by atoms with van der Waals surface area (Å²) in [4.78, 5) is 33.8. The van der Waals surface area contributed by atoms with Gasteiger partial charge in [-0.25, -0.2) is 4.98 Å². The molecule has 0 aliphatic carbocycles. The standard InChI is InChI=1S/C22H24N4O3/c1-14(2)21(27)25-9-11-26(12-10-25)22(28)17-13-18(16-7-5-4-6-8-16)23-20-19(17)15(3)24-29-20/h4-8,13-14H,9-12H2,1-3H3. The predicted octanol–water partition coefficient (Wildman–Crippen LogP) is 3.14. The summed E-state index contributed by atoms with van der Waals surface area (Å²) in [5.74, 6) is 0.00679. The van der Waals surface area contributed by atoms with Crippen molar-refractivity contribution in [3.8, 4) is 11.3 Å². The van der Waals surface area contributed by atoms with E-state index in [2.05, 4.69) is 10.1 Å². The Morgan fingerprint density at radius 2 is 1.69 bits per heavy atom. The van der Waals surface area contributed by atoms with E-state index >= 15 is 0 Å². The molecule has 7 heteroatoms. The number of amides is 2. The summed E-state index contributed by atoms with van der Waals surface area (Å²) in [5, 5.41) is 4.66. The van der Waals surface area contributed by atoms with Gasteiger partial charge in [-0.1, -0.05) is 49.3 Å². The van der Waals surface area contributed by atoms with Crippen LogP contribution in [0, 0.1) is 12.8 Å². The molecule has 3 aromatic rings. The van der Waals surface area contributed by atoms with Gasteiger partial charge in [0, 0.05) is 37.7 Å². The van der Waals surface area contributed by atoms with Gasteiger partial charge >= 0.3 is 0 Å². The molecule has 0 bridgehead atoms. The van der Waals surface area contributed by atoms with E-state index in [4.69, 9.17) is 4.52 Å². The van der Waals surface area contributed by atoms with Crippen LogP contribution in [0.3, 0.4) is 0 Å². The van der Waals surface area contributed by atoms with Crippen molar-refractivity contribution in [1.82, 2.24) is 19.9 Å². The number of carbonyl (C=O) groups is 2. The number of aryl methyl sites for hydroxylation is 1. The highest BCUT2D eigenvalue weighted by atomic mass is 16.5. The van der Waals surface area contributed by atoms with E-state index in [1.165, 1.54) is 0 Å². The first-order valence-electron chi connectivity index (χ1n) is 9.86. The SMILES string of the molecule is Cc1noc2nc(-c3ccccc3)cc(C(=O)N3CCN(C(=O)C(C)C)CC3)c12. The Kier molecular flexibility index (Phi) is 5.05. The van der Waals surface area contributed by atoms with Crippen LogP contribution in [-0.4, -0.2) is 57.9 Å². The molecule has 1 aliphatic heterocycles. The lowest BCUT2D eigenvalue weighted by Crippen LogP contribution is -2.51. The number of nitrogens with zero attached hydrogens (tertiary/aromatic N) is 4. The summed E-state index contributed by atoms with van der Waals surface area (Å²) in [5.41, 5.74) is 3.12. The maximum absolute atomic E-state index is 13.4. The second-order valence-corrected chi connectivity index (χ2v) is 7.64. The van der Waals surface area contributed by atoms with Gasteiger partial charge < -0.3 is 14.3 Å². The monoisotopic (exact) mass is 392 g/mol. The van der Waals surface area contributed by atoms with E-state index in [1.54, 1.807) is 4.90 Å². The number of rotatable bonds is 3. The molecule has 1 aromatic carbocycles. The molecule has 1 fully saturated rings. The van der Waals surface area contributed by atoms with E-state index in [0.29, 0.717) is 54.2 Å². The molecule has 0 spiro atoms. The summed E-state index contributed by atoms with van der Waals surface area (Å²) >= 11 is 0. The highest BCUT2D eigenvalue weighted by Gasteiger charge is 2.28. The van der Waals surface area contributed by atoms with E-state index in [0.717, 1.165) is 5.56 Å². The Morgan fingerprint density at radius 3 is 2.34 bits per heavy atom. The van der Waals surface area contributed by atoms with Crippen LogP contribution in [0.4, 0.5) is 0 Å². The van der Waals surface area contributed by atoms with Crippen LogP contribution in [0.2, 0.25) is 0 Å². The first kappa shape index (κ1) is 19.1. The lowest BCUT2D eigenvalue weighted by Gasteiger charge is -2.35. The number of benzene rings is 1. The number of pyridine rings is 1. The molecule has 3 heterocycles. The summed E-state index contributed by atoms with van der Waals surface area (Å²) in [6, 6.07) is 11.5. The molecule has 0 N–H and O–H groups in total. The van der Waals surface area contributed by atoms with Crippen molar-refractivity contribution in [2.45, 2.75) is 20.8 Å². The molecule has 2 amide bonds. The fourth-order valence-corrected chi connectivity index (χ4v) is 3.69. The summed E-state index contributed by atoms with van der Waals surface area (Å²) < 4.78 is 5.38. The molecule has 150 valence electrons. The highest BCUT2D eigenvalue weighted by Crippen LogP contribution is 2.28. The van der Waals surface area contributed by atoms with Crippen LogP contribution >= 0.6 is 0 Å². The smallest absolute Gasteiger partial charge is 0.259 e. The fraction of sp³-hybridized carbons (Fsp3) is 0.364. The normalized spacial score (nSPS) is 14.6. The second-order valence-electron chi connectivity index (χ2n) is 7.64. The van der Waals surface area contributed by atoms with Crippen molar-refractivity contribution in [2.75, 3.05) is 26.2 Å². The van der Waals surface area contributed by atoms with Crippen LogP contribution in [0.5, 0.6) is 0 Å². The highest BCUT2D eigenvalue weighted by molar-refractivity contribution is 6.07. The lowest BCUT2D eigenvalue weighted by atomic mass is 10.0. The fourth-order valence-electron chi connectivity index (χ4n) is 3.69. The average molecular weight is 392 g/mol. The number of hydrogen-bond donors (Lipinski definition) is 0. The molecule has 29 heavy (non-hydrogen) atoms. The largest absolute Gasteiger partial charge is 0.339 e. The Labute approximate surface area is 169 Å². The molecular formula is C22H24N4O3. The summed E-state index contributed by atoms with van der Waals surface area (Å²) in [6.45, 7) is 7.71. The van der Waals surface area contributed by atoms with Crippen LogP contribution in [0.25, 0.3) is 22.4 Å². The predicted molar refractivity (Wildman–Crippen MR) is 109 cm³/mol. The van der Waals surface area contributed by atoms with Gasteiger partial charge in [0.05, 0.1) is 22.3 Å². The van der Waals surface area contributed by atoms with E-state index in [-0.39, 0.29) is 17.7 Å². The van der Waals surface area contributed by atoms with Gasteiger partial charge in [-0.2, -0.15) is 0 Å². The number of carbonyl (C=O) groups excluding carboxylic acids is 2. The van der Waals surface area contributed by atoms with E-state index in [9.17, 15) is 9.59 Å². The molecule has 0 unspecified atom stereocenters. The van der Waals surface area contributed by atoms with Gasteiger partial charge in [0.2, 0.25) is 5.91 Å². The van der Waals surface area contributed by atoms with Gasteiger partial charge in [-0.15, -0.1) is 0 Å². The van der Waals surface area contributed by atoms with Crippen LogP contribution < -0.4 is 0 Å². The molecular weight excluding hydrogens is 368 g/mol. The third-order valence-corrected chi connectivity index (χ3v) is 5.29. The first-order valence-corrected chi connectivity index (χ1v) is 9.86. The van der Waals surface area contributed by atoms with E-state index in [1.807, 2.05) is 62.1 Å². The molecule has 4 rings (SSSR count). The summed E-state index contributed by atoms with van der Waals surface area (Å²) in [6.07, 6.45) is 0. The maximum atomic E-state index is 13.4. The topological polar surface area (TPSA) is 79.5 Å². The van der Waals surface area contributed by atoms with Crippen molar-refractivity contribution in [3.63, 3.8) is 0 Å². The summed E-state index contributed by atoms with van der Waals surface area (Å²) in [7, 11) is 0. The molecule has 1 aliphatic rings. The first-order chi connectivity index (χ1) is 14.0. The van der Waals surface area contributed by atoms with Gasteiger partial charge in [0.1, 0.15) is 0 Å². The van der Waals surface area contributed by atoms with E-state index < -0.39 is 0 Å². The number of aromatic nitrogens is 2. The lowest BCUT2D eigenvalue weighted by molar-refractivity contribution is -0.135. The number of fused-ring (bicyclic) bond motifs is 1. The molecule has 1 saturated heterocycles. The van der Waals surface area contributed by atoms with Crippen LogP contribution in [0.15, 0.2) is 40.9 Å². The number of piperazine rings is 1. The van der Waals surface area contributed by atoms with Crippen LogP contribution in [-0.2, 0) is 4.79 Å². The van der Waals surface area contributed by atoms with Crippen molar-refractivity contribution in [1.29, 1.82) is 0 Å². The van der Waals surface area contributed by atoms with Crippen LogP contribution in [0.1, 0.15) is 29.9 Å².